The molecule has 5 saturated heterocycles. The first-order valence-electron chi connectivity index (χ1n) is 8.03. The van der Waals surface area contributed by atoms with E-state index in [0.29, 0.717) is 0 Å². The van der Waals surface area contributed by atoms with E-state index in [0.717, 1.165) is 65.4 Å². The molecule has 8 nitrogen and oxygen atoms in total. The van der Waals surface area contributed by atoms with Gasteiger partial charge in [0.15, 0.2) is 0 Å². The highest BCUT2D eigenvalue weighted by Crippen LogP contribution is 2.87. The van der Waals surface area contributed by atoms with Gasteiger partial charge in [-0.1, -0.05) is 0 Å². The summed E-state index contributed by atoms with van der Waals surface area (Å²) in [5, 5.41) is 0. The molecule has 6 heterocycles. The third-order valence-electron chi connectivity index (χ3n) is 4.70. The van der Waals surface area contributed by atoms with Crippen molar-refractivity contribution in [3.8, 4) is 0 Å². The van der Waals surface area contributed by atoms with E-state index < -0.39 is 21.7 Å². The third-order valence-corrected chi connectivity index (χ3v) is 18.0. The monoisotopic (exact) mass is 380 g/mol. The molecule has 0 spiro atoms. The van der Waals surface area contributed by atoms with Crippen LogP contribution < -0.4 is 0 Å². The number of halogens is 1. The number of hydrogen-bond donors (Lipinski definition) is 0. The molecule has 22 heavy (non-hydrogen) atoms. The lowest BCUT2D eigenvalue weighted by molar-refractivity contribution is 0.751. The van der Waals surface area contributed by atoms with Gasteiger partial charge < -0.3 is 0 Å². The van der Waals surface area contributed by atoms with Gasteiger partial charge in [-0.05, 0) is 11.2 Å². The second-order valence-corrected chi connectivity index (χ2v) is 16.1. The summed E-state index contributed by atoms with van der Waals surface area (Å²) in [6, 6.07) is 0. The molecule has 0 aliphatic carbocycles. The zero-order valence-electron chi connectivity index (χ0n) is 12.4. The van der Waals surface area contributed by atoms with Crippen LogP contribution >= 0.6 is 33.0 Å². The maximum atomic E-state index is 7.12. The summed E-state index contributed by atoms with van der Waals surface area (Å²) in [4.78, 5) is 0. The van der Waals surface area contributed by atoms with Crippen molar-refractivity contribution in [1.29, 1.82) is 0 Å². The van der Waals surface area contributed by atoms with Crippen molar-refractivity contribution in [3.05, 3.63) is 0 Å². The van der Waals surface area contributed by atoms with Crippen LogP contribution in [0.25, 0.3) is 0 Å². The largest absolute Gasteiger partial charge is 0.239 e. The molecule has 6 aliphatic rings. The highest BCUT2D eigenvalue weighted by Gasteiger charge is 2.57. The van der Waals surface area contributed by atoms with Crippen LogP contribution in [0, 0.1) is 0 Å². The van der Waals surface area contributed by atoms with Crippen LogP contribution in [0.1, 0.15) is 0 Å². The topological polar surface area (TPSA) is 52.1 Å². The molecule has 5 fully saturated rings. The second kappa shape index (κ2) is 4.30. The predicted octanol–water partition coefficient (Wildman–Crippen LogP) is 2.66. The van der Waals surface area contributed by atoms with Gasteiger partial charge in [-0.2, -0.15) is 13.5 Å². The molecule has 0 saturated carbocycles. The van der Waals surface area contributed by atoms with Gasteiger partial charge in [0.2, 0.25) is 21.7 Å². The van der Waals surface area contributed by atoms with Crippen molar-refractivity contribution >= 4 is 33.0 Å². The van der Waals surface area contributed by atoms with Gasteiger partial charge in [0.1, 0.15) is 0 Å². The fourth-order valence-electron chi connectivity index (χ4n) is 2.99. The molecule has 122 valence electrons. The zero-order chi connectivity index (χ0) is 14.6. The molecule has 0 aromatic carbocycles. The van der Waals surface area contributed by atoms with Crippen LogP contribution in [-0.2, 0) is 0 Å². The van der Waals surface area contributed by atoms with Crippen molar-refractivity contribution < 1.29 is 0 Å². The van der Waals surface area contributed by atoms with Gasteiger partial charge in [-0.25, -0.2) is 23.4 Å². The van der Waals surface area contributed by atoms with Crippen molar-refractivity contribution in [2.24, 2.45) is 13.5 Å². The fraction of sp³-hybridized carbons (Fsp3) is 1.00. The van der Waals surface area contributed by atoms with E-state index in [4.69, 9.17) is 24.8 Å². The SMILES string of the molecule is ClP1(N2CC2)=NP(N2CC2)(N2CC2)=NP(N2CC2)(N2CC2)=N1. The van der Waals surface area contributed by atoms with Gasteiger partial charge in [0.25, 0.3) is 0 Å². The Balaban J connectivity index is 1.64. The summed E-state index contributed by atoms with van der Waals surface area (Å²) in [6.07, 6.45) is 0. The minimum atomic E-state index is -2.23. The molecule has 0 bridgehead atoms. The van der Waals surface area contributed by atoms with Crippen LogP contribution in [0.2, 0.25) is 0 Å². The Hall–Kier alpha value is 0.780. The average Bonchev–Trinajstić information content (AvgIpc) is 3.37. The van der Waals surface area contributed by atoms with E-state index in [9.17, 15) is 0 Å². The Morgan fingerprint density at radius 2 is 0.864 bits per heavy atom. The van der Waals surface area contributed by atoms with Crippen LogP contribution in [-0.4, -0.2) is 88.8 Å². The standard InChI is InChI=1S/C10H20ClN8P3/c11-20(15-1-2-15)12-21(16-3-4-16,17-5-6-17)14-22(13-20,18-7-8-18)19-9-10-19/h1-10H2. The fourth-order valence-corrected chi connectivity index (χ4v) is 18.6. The minimum absolute atomic E-state index is 1.06. The summed E-state index contributed by atoms with van der Waals surface area (Å²) in [5.41, 5.74) is 0. The summed E-state index contributed by atoms with van der Waals surface area (Å²) in [5.74, 6) is 0. The lowest BCUT2D eigenvalue weighted by Gasteiger charge is -2.36. The van der Waals surface area contributed by atoms with E-state index in [1.54, 1.807) is 0 Å². The van der Waals surface area contributed by atoms with Gasteiger partial charge in [-0.3, -0.25) is 0 Å². The first kappa shape index (κ1) is 14.0. The van der Waals surface area contributed by atoms with E-state index in [-0.39, 0.29) is 0 Å². The Morgan fingerprint density at radius 1 is 0.500 bits per heavy atom. The lowest BCUT2D eigenvalue weighted by Crippen LogP contribution is -2.10. The molecule has 0 radical (unpaired) electrons. The Bertz CT molecular complexity index is 656. The Kier molecular flexibility index (Phi) is 2.74. The van der Waals surface area contributed by atoms with Crippen molar-refractivity contribution in [2.75, 3.05) is 65.4 Å². The van der Waals surface area contributed by atoms with Crippen LogP contribution in [0.5, 0.6) is 0 Å². The quantitative estimate of drug-likeness (QED) is 0.542. The molecular weight excluding hydrogens is 361 g/mol. The maximum Gasteiger partial charge on any atom is 0.239 e. The average molecular weight is 381 g/mol. The van der Waals surface area contributed by atoms with E-state index in [1.165, 1.54) is 0 Å². The molecular formula is C10H20ClN8P3. The molecule has 12 heteroatoms. The first-order valence-corrected chi connectivity index (χ1v) is 13.8. The summed E-state index contributed by atoms with van der Waals surface area (Å²) in [7, 11) is -3.86. The smallest absolute Gasteiger partial charge is 0.237 e. The molecule has 0 aromatic rings. The number of hydrogen-bond acceptors (Lipinski definition) is 8. The van der Waals surface area contributed by atoms with Gasteiger partial charge in [0, 0.05) is 65.4 Å². The molecule has 6 rings (SSSR count). The van der Waals surface area contributed by atoms with Gasteiger partial charge in [0.05, 0.1) is 0 Å². The van der Waals surface area contributed by atoms with Crippen LogP contribution in [0.15, 0.2) is 13.5 Å². The molecule has 6 aliphatic heterocycles. The molecule has 1 unspecified atom stereocenters. The van der Waals surface area contributed by atoms with Gasteiger partial charge in [-0.15, -0.1) is 0 Å². The molecule has 0 N–H and O–H groups in total. The summed E-state index contributed by atoms with van der Waals surface area (Å²) < 4.78 is 28.3. The predicted molar refractivity (Wildman–Crippen MR) is 91.8 cm³/mol. The zero-order valence-corrected chi connectivity index (χ0v) is 15.8. The minimum Gasteiger partial charge on any atom is -0.237 e. The molecule has 0 aromatic heterocycles. The van der Waals surface area contributed by atoms with E-state index >= 15 is 0 Å². The summed E-state index contributed by atoms with van der Waals surface area (Å²) >= 11 is 7.12. The first-order chi connectivity index (χ1) is 10.6. The third kappa shape index (κ3) is 2.00. The Labute approximate surface area is 135 Å². The maximum absolute atomic E-state index is 7.12. The van der Waals surface area contributed by atoms with Crippen molar-refractivity contribution in [3.63, 3.8) is 0 Å². The normalized spacial score (nSPS) is 43.0. The highest BCUT2D eigenvalue weighted by atomic mass is 35.7. The summed E-state index contributed by atoms with van der Waals surface area (Å²) in [6.45, 7) is 8.96. The van der Waals surface area contributed by atoms with Crippen molar-refractivity contribution in [2.45, 2.75) is 0 Å². The van der Waals surface area contributed by atoms with Crippen LogP contribution in [0.4, 0.5) is 0 Å². The highest BCUT2D eigenvalue weighted by molar-refractivity contribution is 7.96. The number of nitrogens with zero attached hydrogens (tertiary/aromatic N) is 8. The van der Waals surface area contributed by atoms with E-state index in [2.05, 4.69) is 23.4 Å². The second-order valence-electron chi connectivity index (χ2n) is 6.61. The van der Waals surface area contributed by atoms with Crippen LogP contribution in [0.3, 0.4) is 0 Å². The number of rotatable bonds is 5. The molecule has 0 amide bonds. The lowest BCUT2D eigenvalue weighted by atomic mass is 11.0. The Morgan fingerprint density at radius 3 is 1.23 bits per heavy atom. The van der Waals surface area contributed by atoms with Crippen molar-refractivity contribution in [1.82, 2.24) is 23.4 Å². The van der Waals surface area contributed by atoms with E-state index in [1.807, 2.05) is 0 Å². The van der Waals surface area contributed by atoms with Gasteiger partial charge >= 0.3 is 0 Å². The molecule has 1 atom stereocenters.